The van der Waals surface area contributed by atoms with Gasteiger partial charge < -0.3 is 9.47 Å². The second kappa shape index (κ2) is 7.42. The van der Waals surface area contributed by atoms with Crippen molar-refractivity contribution in [3.63, 3.8) is 0 Å². The smallest absolute Gasteiger partial charge is 0.309 e. The molecule has 1 N–H and O–H groups in total. The number of carbonyl (C=O) groups is 2. The number of hydrogen-bond donors (Lipinski definition) is 1. The highest BCUT2D eigenvalue weighted by Crippen LogP contribution is 2.38. The molecule has 0 aliphatic heterocycles. The summed E-state index contributed by atoms with van der Waals surface area (Å²) in [6.45, 7) is 4.36. The minimum Gasteiger partial charge on any atom is -0.469 e. The molecule has 0 radical (unpaired) electrons. The lowest BCUT2D eigenvalue weighted by molar-refractivity contribution is -0.149. The van der Waals surface area contributed by atoms with Gasteiger partial charge in [0, 0.05) is 17.7 Å². The third-order valence-corrected chi connectivity index (χ3v) is 5.42. The number of rotatable bonds is 4. The molecule has 1 heterocycles. The van der Waals surface area contributed by atoms with Crippen LogP contribution in [-0.2, 0) is 31.9 Å². The monoisotopic (exact) mass is 346 g/mol. The number of allylic oxidation sites excluding steroid dienone is 2. The maximum atomic E-state index is 12.0. The van der Waals surface area contributed by atoms with Gasteiger partial charge in [-0.05, 0) is 44.1 Å². The Morgan fingerprint density at radius 1 is 1.32 bits per heavy atom. The summed E-state index contributed by atoms with van der Waals surface area (Å²) in [7, 11) is 1.43. The van der Waals surface area contributed by atoms with Gasteiger partial charge in [0.15, 0.2) is 0 Å². The zero-order valence-corrected chi connectivity index (χ0v) is 15.1. The van der Waals surface area contributed by atoms with Crippen molar-refractivity contribution in [3.8, 4) is 0 Å². The molecule has 0 saturated carbocycles. The number of carbonyl (C=O) groups excluding carboxylic acids is 2. The van der Waals surface area contributed by atoms with E-state index in [0.717, 1.165) is 30.7 Å². The van der Waals surface area contributed by atoms with Crippen LogP contribution in [-0.4, -0.2) is 35.9 Å². The molecule has 2 aliphatic rings. The maximum Gasteiger partial charge on any atom is 0.309 e. The first-order valence-electron chi connectivity index (χ1n) is 9.05. The van der Waals surface area contributed by atoms with Gasteiger partial charge in [-0.3, -0.25) is 14.7 Å². The summed E-state index contributed by atoms with van der Waals surface area (Å²) in [4.78, 5) is 23.8. The van der Waals surface area contributed by atoms with Crippen molar-refractivity contribution in [1.29, 1.82) is 0 Å². The second-order valence-electron chi connectivity index (χ2n) is 7.00. The fourth-order valence-corrected chi connectivity index (χ4v) is 3.99. The van der Waals surface area contributed by atoms with E-state index in [1.807, 2.05) is 6.92 Å². The van der Waals surface area contributed by atoms with Crippen LogP contribution in [0.4, 0.5) is 0 Å². The Morgan fingerprint density at radius 3 is 2.80 bits per heavy atom. The fraction of sp³-hybridized carbons (Fsp3) is 0.632. The molecule has 3 atom stereocenters. The SMILES string of the molecule is CCOC(=O)C1CC=C(c2n[nH]c3c2CCC(C(=O)OC)C3)C[C@@H]1C. The van der Waals surface area contributed by atoms with Crippen molar-refractivity contribution < 1.29 is 19.1 Å². The molecule has 0 bridgehead atoms. The van der Waals surface area contributed by atoms with E-state index in [9.17, 15) is 9.59 Å². The molecule has 0 amide bonds. The zero-order valence-electron chi connectivity index (χ0n) is 15.1. The number of hydrogen-bond acceptors (Lipinski definition) is 5. The molecule has 136 valence electrons. The lowest BCUT2D eigenvalue weighted by Crippen LogP contribution is -2.27. The van der Waals surface area contributed by atoms with E-state index in [2.05, 4.69) is 23.2 Å². The van der Waals surface area contributed by atoms with Gasteiger partial charge in [0.1, 0.15) is 0 Å². The van der Waals surface area contributed by atoms with Crippen LogP contribution in [0, 0.1) is 17.8 Å². The standard InChI is InChI=1S/C19H26N2O4/c1-4-25-19(23)14-7-5-12(9-11(14)2)17-15-8-6-13(18(22)24-3)10-16(15)20-21-17/h5,11,13-14H,4,6-10H2,1-3H3,(H,20,21)/t11-,13?,14?/m0/s1. The molecule has 6 nitrogen and oxygen atoms in total. The topological polar surface area (TPSA) is 81.3 Å². The highest BCUT2D eigenvalue weighted by Gasteiger charge is 2.33. The fourth-order valence-electron chi connectivity index (χ4n) is 3.99. The average molecular weight is 346 g/mol. The van der Waals surface area contributed by atoms with Crippen LogP contribution in [0.1, 0.15) is 50.1 Å². The van der Waals surface area contributed by atoms with Crippen LogP contribution in [0.5, 0.6) is 0 Å². The zero-order chi connectivity index (χ0) is 18.0. The maximum absolute atomic E-state index is 12.0. The van der Waals surface area contributed by atoms with Gasteiger partial charge in [-0.25, -0.2) is 0 Å². The molecule has 0 spiro atoms. The molecule has 2 unspecified atom stereocenters. The normalized spacial score (nSPS) is 25.7. The largest absolute Gasteiger partial charge is 0.469 e. The Kier molecular flexibility index (Phi) is 5.25. The third-order valence-electron chi connectivity index (χ3n) is 5.42. The van der Waals surface area contributed by atoms with Gasteiger partial charge in [0.05, 0.1) is 31.2 Å². The number of H-pyrrole nitrogens is 1. The summed E-state index contributed by atoms with van der Waals surface area (Å²) < 4.78 is 10.0. The molecule has 25 heavy (non-hydrogen) atoms. The summed E-state index contributed by atoms with van der Waals surface area (Å²) in [5, 5.41) is 7.63. The molecule has 6 heteroatoms. The van der Waals surface area contributed by atoms with Gasteiger partial charge in [-0.1, -0.05) is 13.0 Å². The van der Waals surface area contributed by atoms with Crippen LogP contribution in [0.3, 0.4) is 0 Å². The first-order chi connectivity index (χ1) is 12.0. The van der Waals surface area contributed by atoms with Gasteiger partial charge >= 0.3 is 11.9 Å². The van der Waals surface area contributed by atoms with Crippen LogP contribution in [0.15, 0.2) is 6.08 Å². The highest BCUT2D eigenvalue weighted by molar-refractivity contribution is 5.77. The summed E-state index contributed by atoms with van der Waals surface area (Å²) >= 11 is 0. The summed E-state index contributed by atoms with van der Waals surface area (Å²) in [5.74, 6) is -0.168. The lowest BCUT2D eigenvalue weighted by atomic mass is 9.78. The van der Waals surface area contributed by atoms with E-state index in [1.54, 1.807) is 0 Å². The number of fused-ring (bicyclic) bond motifs is 1. The lowest BCUT2D eigenvalue weighted by Gasteiger charge is -2.27. The molecule has 0 saturated heterocycles. The molecule has 1 aromatic heterocycles. The van der Waals surface area contributed by atoms with Crippen LogP contribution >= 0.6 is 0 Å². The van der Waals surface area contributed by atoms with E-state index in [0.29, 0.717) is 19.4 Å². The summed E-state index contributed by atoms with van der Waals surface area (Å²) in [6, 6.07) is 0. The summed E-state index contributed by atoms with van der Waals surface area (Å²) in [5.41, 5.74) is 4.46. The quantitative estimate of drug-likeness (QED) is 0.848. The van der Waals surface area contributed by atoms with Crippen LogP contribution in [0.2, 0.25) is 0 Å². The van der Waals surface area contributed by atoms with Crippen molar-refractivity contribution in [2.45, 2.75) is 46.0 Å². The van der Waals surface area contributed by atoms with Gasteiger partial charge in [0.25, 0.3) is 0 Å². The van der Waals surface area contributed by atoms with Crippen molar-refractivity contribution >= 4 is 17.5 Å². The number of nitrogens with one attached hydrogen (secondary N) is 1. The van der Waals surface area contributed by atoms with Crippen molar-refractivity contribution in [2.24, 2.45) is 17.8 Å². The van der Waals surface area contributed by atoms with Gasteiger partial charge in [0.2, 0.25) is 0 Å². The molecule has 1 aromatic rings. The minimum atomic E-state index is -0.149. The minimum absolute atomic E-state index is 0.0674. The highest BCUT2D eigenvalue weighted by atomic mass is 16.5. The molecule has 2 aliphatic carbocycles. The first-order valence-corrected chi connectivity index (χ1v) is 9.05. The average Bonchev–Trinajstić information content (AvgIpc) is 3.04. The predicted molar refractivity (Wildman–Crippen MR) is 92.6 cm³/mol. The van der Waals surface area contributed by atoms with Gasteiger partial charge in [-0.2, -0.15) is 5.10 Å². The molecular formula is C19H26N2O4. The first kappa shape index (κ1) is 17.7. The van der Waals surface area contributed by atoms with Crippen LogP contribution < -0.4 is 0 Å². The number of ether oxygens (including phenoxy) is 2. The van der Waals surface area contributed by atoms with Crippen LogP contribution in [0.25, 0.3) is 5.57 Å². The molecule has 0 aromatic carbocycles. The van der Waals surface area contributed by atoms with Gasteiger partial charge in [-0.15, -0.1) is 0 Å². The summed E-state index contributed by atoms with van der Waals surface area (Å²) in [6.07, 6.45) is 5.92. The number of esters is 2. The second-order valence-corrected chi connectivity index (χ2v) is 7.00. The molecule has 0 fully saturated rings. The van der Waals surface area contributed by atoms with E-state index < -0.39 is 0 Å². The van der Waals surface area contributed by atoms with E-state index in [4.69, 9.17) is 9.47 Å². The van der Waals surface area contributed by atoms with Crippen molar-refractivity contribution in [2.75, 3.05) is 13.7 Å². The Labute approximate surface area is 148 Å². The third kappa shape index (κ3) is 3.48. The molecular weight excluding hydrogens is 320 g/mol. The van der Waals surface area contributed by atoms with E-state index >= 15 is 0 Å². The Bertz CT molecular complexity index is 692. The number of aromatic amines is 1. The molecule has 3 rings (SSSR count). The van der Waals surface area contributed by atoms with Crippen molar-refractivity contribution in [1.82, 2.24) is 10.2 Å². The van der Waals surface area contributed by atoms with E-state index in [1.165, 1.54) is 18.2 Å². The Balaban J connectivity index is 1.75. The van der Waals surface area contributed by atoms with E-state index in [-0.39, 0.29) is 29.7 Å². The predicted octanol–water partition coefficient (Wildman–Crippen LogP) is 2.68. The Morgan fingerprint density at radius 2 is 2.12 bits per heavy atom. The number of aromatic nitrogens is 2. The number of nitrogens with zero attached hydrogens (tertiary/aromatic N) is 1. The Hall–Kier alpha value is -2.11. The van der Waals surface area contributed by atoms with Crippen molar-refractivity contribution in [3.05, 3.63) is 23.0 Å². The number of methoxy groups -OCH3 is 1.